The van der Waals surface area contributed by atoms with Crippen LogP contribution < -0.4 is 10.2 Å². The molecule has 0 bridgehead atoms. The first-order chi connectivity index (χ1) is 8.86. The van der Waals surface area contributed by atoms with Crippen LogP contribution in [0.5, 0.6) is 5.75 Å². The maximum atomic E-state index is 13.0. The standard InChI is InChI=1S/C12H14BF4O2/c1-8-2-4-10(19-8)7-18-12-6-9(14)3-5-11(12)13(15,16)17/h3,5-6,8,10H,2,4,7H2,1H3/q-1. The summed E-state index contributed by atoms with van der Waals surface area (Å²) in [6.45, 7) is -3.32. The Morgan fingerprint density at radius 1 is 1.32 bits per heavy atom. The largest absolute Gasteiger partial charge is 0.513 e. The molecule has 1 fully saturated rings. The Balaban J connectivity index is 2.08. The van der Waals surface area contributed by atoms with E-state index >= 15 is 0 Å². The van der Waals surface area contributed by atoms with Gasteiger partial charge < -0.3 is 22.4 Å². The van der Waals surface area contributed by atoms with Crippen molar-refractivity contribution in [1.82, 2.24) is 0 Å². The number of hydrogen-bond acceptors (Lipinski definition) is 2. The number of hydrogen-bond donors (Lipinski definition) is 0. The van der Waals surface area contributed by atoms with Crippen LogP contribution in [-0.4, -0.2) is 25.8 Å². The zero-order valence-electron chi connectivity index (χ0n) is 10.4. The third-order valence-electron chi connectivity index (χ3n) is 3.07. The fourth-order valence-corrected chi connectivity index (χ4v) is 2.09. The highest BCUT2D eigenvalue weighted by Crippen LogP contribution is 2.22. The van der Waals surface area contributed by atoms with Crippen molar-refractivity contribution in [2.45, 2.75) is 32.0 Å². The highest BCUT2D eigenvalue weighted by Gasteiger charge is 2.30. The van der Waals surface area contributed by atoms with Gasteiger partial charge in [0.05, 0.1) is 18.0 Å². The summed E-state index contributed by atoms with van der Waals surface area (Å²) in [6, 6.07) is 2.26. The van der Waals surface area contributed by atoms with Gasteiger partial charge in [-0.15, -0.1) is 0 Å². The van der Waals surface area contributed by atoms with E-state index in [0.717, 1.165) is 25.0 Å². The van der Waals surface area contributed by atoms with Crippen molar-refractivity contribution in [2.24, 2.45) is 0 Å². The lowest BCUT2D eigenvalue weighted by atomic mass is 9.79. The summed E-state index contributed by atoms with van der Waals surface area (Å²) < 4.78 is 61.9. The van der Waals surface area contributed by atoms with Gasteiger partial charge in [-0.25, -0.2) is 4.39 Å². The molecule has 0 saturated carbocycles. The Kier molecular flexibility index (Phi) is 4.03. The van der Waals surface area contributed by atoms with Crippen LogP contribution in [0.4, 0.5) is 17.3 Å². The summed E-state index contributed by atoms with van der Waals surface area (Å²) in [5.41, 5.74) is -0.910. The summed E-state index contributed by atoms with van der Waals surface area (Å²) in [4.78, 5) is 0. The summed E-state index contributed by atoms with van der Waals surface area (Å²) in [6.07, 6.45) is 1.45. The zero-order chi connectivity index (χ0) is 14.0. The molecule has 0 aliphatic carbocycles. The molecule has 1 aromatic carbocycles. The first kappa shape index (κ1) is 14.2. The van der Waals surface area contributed by atoms with Crippen molar-refractivity contribution in [1.29, 1.82) is 0 Å². The molecule has 1 heterocycles. The topological polar surface area (TPSA) is 18.5 Å². The maximum Gasteiger partial charge on any atom is 0.513 e. The second-order valence-electron chi connectivity index (χ2n) is 4.71. The Hall–Kier alpha value is -1.24. The number of ether oxygens (including phenoxy) is 2. The molecule has 1 aliphatic heterocycles. The fourth-order valence-electron chi connectivity index (χ4n) is 2.09. The second kappa shape index (κ2) is 5.40. The molecule has 0 aromatic heterocycles. The third kappa shape index (κ3) is 3.62. The quantitative estimate of drug-likeness (QED) is 0.622. The molecule has 2 rings (SSSR count). The molecule has 0 amide bonds. The van der Waals surface area contributed by atoms with Crippen LogP contribution in [0.3, 0.4) is 0 Å². The number of halogens is 4. The molecule has 1 aliphatic rings. The normalized spacial score (nSPS) is 23.6. The number of benzene rings is 1. The minimum atomic E-state index is -5.22. The van der Waals surface area contributed by atoms with Crippen LogP contribution in [0.1, 0.15) is 19.8 Å². The van der Waals surface area contributed by atoms with Crippen molar-refractivity contribution in [3.63, 3.8) is 0 Å². The third-order valence-corrected chi connectivity index (χ3v) is 3.07. The number of rotatable bonds is 4. The fraction of sp³-hybridized carbons (Fsp3) is 0.500. The molecular formula is C12H14BF4O2-. The van der Waals surface area contributed by atoms with Gasteiger partial charge in [0.15, 0.2) is 0 Å². The molecule has 2 unspecified atom stereocenters. The van der Waals surface area contributed by atoms with Gasteiger partial charge in [0.2, 0.25) is 0 Å². The molecule has 0 N–H and O–H groups in total. The van der Waals surface area contributed by atoms with Gasteiger partial charge in [0.1, 0.15) is 12.4 Å². The van der Waals surface area contributed by atoms with Crippen molar-refractivity contribution in [3.8, 4) is 5.75 Å². The average Bonchev–Trinajstić information content (AvgIpc) is 2.71. The van der Waals surface area contributed by atoms with Crippen LogP contribution in [0.15, 0.2) is 18.2 Å². The van der Waals surface area contributed by atoms with Gasteiger partial charge in [-0.1, -0.05) is 11.5 Å². The zero-order valence-corrected chi connectivity index (χ0v) is 10.4. The average molecular weight is 277 g/mol. The molecule has 0 radical (unpaired) electrons. The van der Waals surface area contributed by atoms with Crippen LogP contribution in [0, 0.1) is 5.82 Å². The molecule has 2 nitrogen and oxygen atoms in total. The minimum Gasteiger partial charge on any atom is -0.494 e. The van der Waals surface area contributed by atoms with E-state index in [9.17, 15) is 17.3 Å². The molecule has 19 heavy (non-hydrogen) atoms. The first-order valence-electron chi connectivity index (χ1n) is 6.14. The lowest BCUT2D eigenvalue weighted by Crippen LogP contribution is -2.36. The molecule has 1 saturated heterocycles. The van der Waals surface area contributed by atoms with Crippen LogP contribution >= 0.6 is 0 Å². The Bertz CT molecular complexity index is 450. The van der Waals surface area contributed by atoms with Crippen LogP contribution in [0.2, 0.25) is 0 Å². The molecule has 2 atom stereocenters. The van der Waals surface area contributed by atoms with Gasteiger partial charge in [-0.2, -0.15) is 0 Å². The van der Waals surface area contributed by atoms with Crippen molar-refractivity contribution >= 4 is 12.4 Å². The molecule has 7 heteroatoms. The van der Waals surface area contributed by atoms with E-state index in [1.807, 2.05) is 6.92 Å². The smallest absolute Gasteiger partial charge is 0.494 e. The van der Waals surface area contributed by atoms with E-state index in [1.165, 1.54) is 0 Å². The van der Waals surface area contributed by atoms with E-state index in [1.54, 1.807) is 0 Å². The predicted octanol–water partition coefficient (Wildman–Crippen LogP) is 2.83. The highest BCUT2D eigenvalue weighted by molar-refractivity contribution is 6.74. The molecule has 106 valence electrons. The van der Waals surface area contributed by atoms with Gasteiger partial charge in [-0.05, 0) is 25.8 Å². The van der Waals surface area contributed by atoms with Crippen molar-refractivity contribution in [2.75, 3.05) is 6.61 Å². The Labute approximate surface area is 108 Å². The lowest BCUT2D eigenvalue weighted by Gasteiger charge is -2.21. The first-order valence-corrected chi connectivity index (χ1v) is 6.14. The lowest BCUT2D eigenvalue weighted by molar-refractivity contribution is 0.0265. The van der Waals surface area contributed by atoms with Crippen molar-refractivity contribution < 1.29 is 26.8 Å². The summed E-state index contributed by atoms with van der Waals surface area (Å²) in [7, 11) is 0. The van der Waals surface area contributed by atoms with Gasteiger partial charge >= 0.3 is 6.98 Å². The summed E-state index contributed by atoms with van der Waals surface area (Å²) >= 11 is 0. The monoisotopic (exact) mass is 277 g/mol. The second-order valence-corrected chi connectivity index (χ2v) is 4.71. The Morgan fingerprint density at radius 2 is 2.05 bits per heavy atom. The summed E-state index contributed by atoms with van der Waals surface area (Å²) in [5, 5.41) is 0. The minimum absolute atomic E-state index is 0.00690. The van der Waals surface area contributed by atoms with E-state index < -0.39 is 24.0 Å². The van der Waals surface area contributed by atoms with Crippen LogP contribution in [0.25, 0.3) is 0 Å². The maximum absolute atomic E-state index is 13.0. The highest BCUT2D eigenvalue weighted by atomic mass is 19.4. The van der Waals surface area contributed by atoms with Crippen molar-refractivity contribution in [3.05, 3.63) is 24.0 Å². The predicted molar refractivity (Wildman–Crippen MR) is 64.2 cm³/mol. The van der Waals surface area contributed by atoms with Gasteiger partial charge in [0.25, 0.3) is 0 Å². The SMILES string of the molecule is CC1CCC(COc2cc(F)ccc2[B-](F)(F)F)O1. The van der Waals surface area contributed by atoms with E-state index in [0.29, 0.717) is 6.07 Å². The van der Waals surface area contributed by atoms with Gasteiger partial charge in [0, 0.05) is 6.07 Å². The molecular weight excluding hydrogens is 263 g/mol. The molecule has 1 aromatic rings. The van der Waals surface area contributed by atoms with E-state index in [-0.39, 0.29) is 18.8 Å². The van der Waals surface area contributed by atoms with Crippen LogP contribution in [-0.2, 0) is 4.74 Å². The Morgan fingerprint density at radius 3 is 2.63 bits per heavy atom. The van der Waals surface area contributed by atoms with E-state index in [2.05, 4.69) is 0 Å². The van der Waals surface area contributed by atoms with Gasteiger partial charge in [-0.3, -0.25) is 0 Å². The van der Waals surface area contributed by atoms with E-state index in [4.69, 9.17) is 9.47 Å². The summed E-state index contributed by atoms with van der Waals surface area (Å²) in [5.74, 6) is -1.21. The molecule has 0 spiro atoms.